The molecule has 1 aromatic heterocycles. The lowest BCUT2D eigenvalue weighted by Gasteiger charge is -2.27. The summed E-state index contributed by atoms with van der Waals surface area (Å²) in [5.41, 5.74) is 3.22. The van der Waals surface area contributed by atoms with Crippen LogP contribution in [0.15, 0.2) is 42.6 Å². The molecular formula is C19H23N3O2S. The van der Waals surface area contributed by atoms with Crippen LogP contribution in [0.25, 0.3) is 0 Å². The van der Waals surface area contributed by atoms with E-state index in [0.29, 0.717) is 5.75 Å². The van der Waals surface area contributed by atoms with Crippen molar-refractivity contribution in [3.05, 3.63) is 53.7 Å². The average Bonchev–Trinajstić information content (AvgIpc) is 2.65. The van der Waals surface area contributed by atoms with E-state index in [-0.39, 0.29) is 5.91 Å². The van der Waals surface area contributed by atoms with Crippen molar-refractivity contribution in [2.75, 3.05) is 42.3 Å². The molecule has 0 atom stereocenters. The van der Waals surface area contributed by atoms with Gasteiger partial charge in [0.2, 0.25) is 5.91 Å². The van der Waals surface area contributed by atoms with E-state index in [1.807, 2.05) is 12.1 Å². The highest BCUT2D eigenvalue weighted by molar-refractivity contribution is 7.99. The predicted molar refractivity (Wildman–Crippen MR) is 103 cm³/mol. The second-order valence-electron chi connectivity index (χ2n) is 6.03. The van der Waals surface area contributed by atoms with E-state index in [1.165, 1.54) is 11.1 Å². The lowest BCUT2D eigenvalue weighted by molar-refractivity contribution is -0.113. The van der Waals surface area contributed by atoms with Gasteiger partial charge < -0.3 is 15.0 Å². The molecule has 1 saturated heterocycles. The molecule has 1 N–H and O–H groups in total. The fourth-order valence-corrected chi connectivity index (χ4v) is 3.37. The first-order valence-electron chi connectivity index (χ1n) is 8.42. The van der Waals surface area contributed by atoms with Gasteiger partial charge in [-0.1, -0.05) is 29.8 Å². The van der Waals surface area contributed by atoms with Crippen molar-refractivity contribution in [3.8, 4) is 0 Å². The Morgan fingerprint density at radius 1 is 1.20 bits per heavy atom. The van der Waals surface area contributed by atoms with E-state index >= 15 is 0 Å². The molecule has 5 nitrogen and oxygen atoms in total. The van der Waals surface area contributed by atoms with Crippen LogP contribution in [0.5, 0.6) is 0 Å². The Morgan fingerprint density at radius 3 is 2.64 bits per heavy atom. The van der Waals surface area contributed by atoms with Gasteiger partial charge in [0.1, 0.15) is 5.82 Å². The molecule has 1 aliphatic rings. The van der Waals surface area contributed by atoms with Gasteiger partial charge in [-0.3, -0.25) is 4.79 Å². The van der Waals surface area contributed by atoms with Gasteiger partial charge in [-0.25, -0.2) is 4.98 Å². The minimum absolute atomic E-state index is 0.00182. The Labute approximate surface area is 152 Å². The number of carbonyl (C=O) groups excluding carboxylic acids is 1. The van der Waals surface area contributed by atoms with Crippen molar-refractivity contribution < 1.29 is 9.53 Å². The Hall–Kier alpha value is -2.05. The van der Waals surface area contributed by atoms with Gasteiger partial charge in [-0.2, -0.15) is 0 Å². The number of aryl methyl sites for hydroxylation is 1. The van der Waals surface area contributed by atoms with Crippen molar-refractivity contribution in [3.63, 3.8) is 0 Å². The number of thioether (sulfide) groups is 1. The molecule has 1 aromatic carbocycles. The highest BCUT2D eigenvalue weighted by Crippen LogP contribution is 2.17. The van der Waals surface area contributed by atoms with Crippen molar-refractivity contribution in [2.45, 2.75) is 12.7 Å². The fraction of sp³-hybridized carbons (Fsp3) is 0.368. The van der Waals surface area contributed by atoms with E-state index in [4.69, 9.17) is 4.74 Å². The van der Waals surface area contributed by atoms with Gasteiger partial charge in [0.25, 0.3) is 0 Å². The predicted octanol–water partition coefficient (Wildman–Crippen LogP) is 3.10. The molecule has 0 unspecified atom stereocenters. The number of benzene rings is 1. The van der Waals surface area contributed by atoms with Crippen LogP contribution >= 0.6 is 11.8 Å². The van der Waals surface area contributed by atoms with E-state index in [2.05, 4.69) is 46.4 Å². The lowest BCUT2D eigenvalue weighted by Crippen LogP contribution is -2.36. The van der Waals surface area contributed by atoms with Gasteiger partial charge in [0.05, 0.1) is 30.9 Å². The Morgan fingerprint density at radius 2 is 1.96 bits per heavy atom. The van der Waals surface area contributed by atoms with Gasteiger partial charge >= 0.3 is 0 Å². The van der Waals surface area contributed by atoms with Crippen LogP contribution in [0, 0.1) is 6.92 Å². The minimum Gasteiger partial charge on any atom is -0.378 e. The molecule has 2 aromatic rings. The van der Waals surface area contributed by atoms with Gasteiger partial charge in [0, 0.05) is 18.8 Å². The summed E-state index contributed by atoms with van der Waals surface area (Å²) in [5.74, 6) is 2.19. The summed E-state index contributed by atoms with van der Waals surface area (Å²) in [6.45, 7) is 5.25. The van der Waals surface area contributed by atoms with E-state index in [1.54, 1.807) is 18.0 Å². The summed E-state index contributed by atoms with van der Waals surface area (Å²) in [6, 6.07) is 12.2. The van der Waals surface area contributed by atoms with Crippen LogP contribution in [-0.4, -0.2) is 42.9 Å². The number of aromatic nitrogens is 1. The number of ether oxygens (including phenoxy) is 1. The summed E-state index contributed by atoms with van der Waals surface area (Å²) in [4.78, 5) is 18.7. The monoisotopic (exact) mass is 357 g/mol. The Balaban J connectivity index is 1.43. The smallest absolute Gasteiger partial charge is 0.234 e. The maximum atomic E-state index is 12.1. The molecule has 0 aliphatic carbocycles. The molecule has 0 spiro atoms. The molecular weight excluding hydrogens is 334 g/mol. The van der Waals surface area contributed by atoms with Crippen LogP contribution in [-0.2, 0) is 15.3 Å². The van der Waals surface area contributed by atoms with Crippen LogP contribution < -0.4 is 10.2 Å². The largest absolute Gasteiger partial charge is 0.378 e. The van der Waals surface area contributed by atoms with E-state index < -0.39 is 0 Å². The first-order chi connectivity index (χ1) is 12.2. The molecule has 6 heteroatoms. The SMILES string of the molecule is Cc1ccc(CSCC(=O)Nc2ccc(N3CCOCC3)nc2)cc1. The molecule has 0 radical (unpaired) electrons. The zero-order valence-electron chi connectivity index (χ0n) is 14.4. The Bertz CT molecular complexity index is 683. The molecule has 1 fully saturated rings. The summed E-state index contributed by atoms with van der Waals surface area (Å²) in [6.07, 6.45) is 1.72. The summed E-state index contributed by atoms with van der Waals surface area (Å²) in [5, 5.41) is 2.90. The zero-order chi connectivity index (χ0) is 17.5. The quantitative estimate of drug-likeness (QED) is 0.861. The van der Waals surface area contributed by atoms with Crippen molar-refractivity contribution in [1.29, 1.82) is 0 Å². The molecule has 3 rings (SSSR count). The molecule has 25 heavy (non-hydrogen) atoms. The maximum absolute atomic E-state index is 12.1. The fourth-order valence-electron chi connectivity index (χ4n) is 2.58. The number of nitrogens with zero attached hydrogens (tertiary/aromatic N) is 2. The number of pyridine rings is 1. The lowest BCUT2D eigenvalue weighted by atomic mass is 10.2. The number of amides is 1. The maximum Gasteiger partial charge on any atom is 0.234 e. The summed E-state index contributed by atoms with van der Waals surface area (Å²) >= 11 is 1.61. The number of morpholine rings is 1. The van der Waals surface area contributed by atoms with Gasteiger partial charge in [0.15, 0.2) is 0 Å². The number of anilines is 2. The average molecular weight is 357 g/mol. The van der Waals surface area contributed by atoms with Gasteiger partial charge in [-0.15, -0.1) is 11.8 Å². The van der Waals surface area contributed by atoms with Gasteiger partial charge in [-0.05, 0) is 24.6 Å². The highest BCUT2D eigenvalue weighted by Gasteiger charge is 2.12. The third-order valence-electron chi connectivity index (χ3n) is 3.99. The first-order valence-corrected chi connectivity index (χ1v) is 9.58. The van der Waals surface area contributed by atoms with E-state index in [0.717, 1.165) is 43.6 Å². The third-order valence-corrected chi connectivity index (χ3v) is 4.99. The van der Waals surface area contributed by atoms with Crippen molar-refractivity contribution in [2.24, 2.45) is 0 Å². The van der Waals surface area contributed by atoms with Crippen LogP contribution in [0.1, 0.15) is 11.1 Å². The molecule has 2 heterocycles. The third kappa shape index (κ3) is 5.47. The summed E-state index contributed by atoms with van der Waals surface area (Å²) < 4.78 is 5.34. The standard InChI is InChI=1S/C19H23N3O2S/c1-15-2-4-16(5-3-15)13-25-14-19(23)21-17-6-7-18(20-12-17)22-8-10-24-11-9-22/h2-7,12H,8-11,13-14H2,1H3,(H,21,23). The molecule has 0 bridgehead atoms. The summed E-state index contributed by atoms with van der Waals surface area (Å²) in [7, 11) is 0. The normalized spacial score (nSPS) is 14.4. The van der Waals surface area contributed by atoms with E-state index in [9.17, 15) is 4.79 Å². The second kappa shape index (κ2) is 8.87. The van der Waals surface area contributed by atoms with Crippen LogP contribution in [0.3, 0.4) is 0 Å². The minimum atomic E-state index is -0.00182. The molecule has 1 aliphatic heterocycles. The van der Waals surface area contributed by atoms with Crippen molar-refractivity contribution >= 4 is 29.2 Å². The topological polar surface area (TPSA) is 54.5 Å². The number of hydrogen-bond acceptors (Lipinski definition) is 5. The molecule has 0 saturated carbocycles. The number of nitrogens with one attached hydrogen (secondary N) is 1. The molecule has 1 amide bonds. The second-order valence-corrected chi connectivity index (χ2v) is 7.02. The number of hydrogen-bond donors (Lipinski definition) is 1. The zero-order valence-corrected chi connectivity index (χ0v) is 15.2. The Kier molecular flexibility index (Phi) is 6.30. The van der Waals surface area contributed by atoms with Crippen LogP contribution in [0.2, 0.25) is 0 Å². The van der Waals surface area contributed by atoms with Crippen LogP contribution in [0.4, 0.5) is 11.5 Å². The number of rotatable bonds is 6. The first kappa shape index (κ1) is 17.8. The molecule has 132 valence electrons. The van der Waals surface area contributed by atoms with Crippen molar-refractivity contribution in [1.82, 2.24) is 4.98 Å². The highest BCUT2D eigenvalue weighted by atomic mass is 32.2. The number of carbonyl (C=O) groups is 1.